The maximum atomic E-state index is 14.7. The molecule has 3 aromatic rings. The van der Waals surface area contributed by atoms with Crippen molar-refractivity contribution in [1.82, 2.24) is 4.90 Å². The first kappa shape index (κ1) is 28.3. The summed E-state index contributed by atoms with van der Waals surface area (Å²) in [7, 11) is 0. The number of phenols is 2. The number of aliphatic hydroxyl groups is 1. The van der Waals surface area contributed by atoms with Crippen molar-refractivity contribution in [3.8, 4) is 11.5 Å². The van der Waals surface area contributed by atoms with Crippen LogP contribution in [0.4, 0.5) is 17.6 Å². The number of β-amino-alcohol motifs (C(OH)–C–C–N with tert-alkyl or cyclic N) is 1. The molecule has 1 aliphatic heterocycles. The van der Waals surface area contributed by atoms with E-state index in [0.717, 1.165) is 0 Å². The molecule has 0 spiro atoms. The van der Waals surface area contributed by atoms with E-state index in [0.29, 0.717) is 5.56 Å². The quantitative estimate of drug-likeness (QED) is 0.290. The van der Waals surface area contributed by atoms with Gasteiger partial charge in [-0.2, -0.15) is 13.2 Å². The van der Waals surface area contributed by atoms with E-state index in [4.69, 9.17) is 0 Å². The lowest BCUT2D eigenvalue weighted by Crippen LogP contribution is -2.53. The third-order valence-corrected chi connectivity index (χ3v) is 7.19. The molecular formula is C29H27F4NO5. The summed E-state index contributed by atoms with van der Waals surface area (Å²) in [4.78, 5) is 28.9. The molecule has 1 heterocycles. The Hall–Kier alpha value is -3.76. The Morgan fingerprint density at radius 1 is 0.897 bits per heavy atom. The number of nitrogens with zero attached hydrogens (tertiary/aromatic N) is 1. The van der Waals surface area contributed by atoms with Crippen LogP contribution in [0.15, 0.2) is 66.7 Å². The summed E-state index contributed by atoms with van der Waals surface area (Å²) in [5.41, 5.74) is 0.679. The number of aliphatic hydroxyl groups excluding tert-OH is 1. The van der Waals surface area contributed by atoms with Gasteiger partial charge in [0, 0.05) is 48.5 Å². The first-order chi connectivity index (χ1) is 18.4. The molecule has 3 aromatic carbocycles. The minimum atomic E-state index is -4.93. The predicted molar refractivity (Wildman–Crippen MR) is 134 cm³/mol. The van der Waals surface area contributed by atoms with Crippen LogP contribution in [0.25, 0.3) is 0 Å². The Morgan fingerprint density at radius 3 is 1.85 bits per heavy atom. The van der Waals surface area contributed by atoms with Gasteiger partial charge < -0.3 is 15.3 Å². The highest BCUT2D eigenvalue weighted by Crippen LogP contribution is 2.43. The van der Waals surface area contributed by atoms with E-state index in [1.807, 2.05) is 0 Å². The van der Waals surface area contributed by atoms with Gasteiger partial charge in [0.1, 0.15) is 17.3 Å². The predicted octanol–water partition coefficient (Wildman–Crippen LogP) is 4.87. The molecule has 0 bridgehead atoms. The fourth-order valence-corrected chi connectivity index (χ4v) is 5.29. The van der Waals surface area contributed by atoms with Crippen LogP contribution < -0.4 is 0 Å². The van der Waals surface area contributed by atoms with Gasteiger partial charge in [0.2, 0.25) is 0 Å². The first-order valence-corrected chi connectivity index (χ1v) is 12.3. The number of hydrogen-bond acceptors (Lipinski definition) is 6. The zero-order chi connectivity index (χ0) is 28.5. The summed E-state index contributed by atoms with van der Waals surface area (Å²) in [5.74, 6) is -5.31. The molecule has 1 fully saturated rings. The van der Waals surface area contributed by atoms with Crippen molar-refractivity contribution in [2.75, 3.05) is 19.6 Å². The average molecular weight is 546 g/mol. The van der Waals surface area contributed by atoms with Crippen LogP contribution in [0, 0.1) is 24.6 Å². The van der Waals surface area contributed by atoms with Gasteiger partial charge in [-0.1, -0.05) is 36.4 Å². The molecule has 10 heteroatoms. The summed E-state index contributed by atoms with van der Waals surface area (Å²) in [5, 5.41) is 29.7. The number of likely N-dealkylation sites (tertiary alicyclic amines) is 1. The molecule has 3 N–H and O–H groups in total. The molecule has 0 saturated carbocycles. The number of benzene rings is 3. The molecule has 206 valence electrons. The number of hydrogen-bond donors (Lipinski definition) is 3. The van der Waals surface area contributed by atoms with Crippen molar-refractivity contribution in [3.63, 3.8) is 0 Å². The molecule has 0 aliphatic carbocycles. The number of alkyl halides is 3. The standard InChI is InChI=1S/C29H27F4NO5/c1-16-21(9-4-10-24(16)30)26-22(27(38)17-5-2-7-19(35)11-17)13-34(15-25(37)29(31,32)33)14-23(26)28(39)18-6-3-8-20(36)12-18/h2-12,22-23,25-26,35-37H,13-15H2,1H3/t22-,23-,25?/m0/s1. The van der Waals surface area contributed by atoms with Gasteiger partial charge in [-0.3, -0.25) is 14.5 Å². The summed E-state index contributed by atoms with van der Waals surface area (Å²) < 4.78 is 54.5. The van der Waals surface area contributed by atoms with Crippen molar-refractivity contribution in [3.05, 3.63) is 94.8 Å². The molecule has 0 radical (unpaired) electrons. The number of ketones is 2. The lowest BCUT2D eigenvalue weighted by Gasteiger charge is -2.44. The van der Waals surface area contributed by atoms with Gasteiger partial charge in [-0.15, -0.1) is 0 Å². The minimum absolute atomic E-state index is 0.0702. The lowest BCUT2D eigenvalue weighted by atomic mass is 9.67. The van der Waals surface area contributed by atoms with Gasteiger partial charge >= 0.3 is 6.18 Å². The first-order valence-electron chi connectivity index (χ1n) is 12.3. The van der Waals surface area contributed by atoms with E-state index >= 15 is 0 Å². The molecular weight excluding hydrogens is 518 g/mol. The molecule has 1 unspecified atom stereocenters. The van der Waals surface area contributed by atoms with E-state index in [1.54, 1.807) is 6.07 Å². The number of piperidine rings is 1. The molecule has 3 atom stereocenters. The second-order valence-electron chi connectivity index (χ2n) is 9.80. The maximum Gasteiger partial charge on any atom is 0.415 e. The van der Waals surface area contributed by atoms with Crippen molar-refractivity contribution >= 4 is 11.6 Å². The Labute approximate surface area is 222 Å². The average Bonchev–Trinajstić information content (AvgIpc) is 2.88. The number of carbonyl (C=O) groups excluding carboxylic acids is 2. The fourth-order valence-electron chi connectivity index (χ4n) is 5.29. The molecule has 1 saturated heterocycles. The van der Waals surface area contributed by atoms with Crippen LogP contribution in [-0.2, 0) is 0 Å². The molecule has 39 heavy (non-hydrogen) atoms. The Kier molecular flexibility index (Phi) is 8.08. The Balaban J connectivity index is 1.87. The highest BCUT2D eigenvalue weighted by Gasteiger charge is 2.48. The van der Waals surface area contributed by atoms with Crippen LogP contribution >= 0.6 is 0 Å². The van der Waals surface area contributed by atoms with E-state index in [9.17, 15) is 42.5 Å². The third-order valence-electron chi connectivity index (χ3n) is 7.19. The van der Waals surface area contributed by atoms with E-state index in [1.165, 1.54) is 72.5 Å². The summed E-state index contributed by atoms with van der Waals surface area (Å²) in [6, 6.07) is 15.1. The molecule has 6 nitrogen and oxygen atoms in total. The van der Waals surface area contributed by atoms with Crippen molar-refractivity contribution in [1.29, 1.82) is 0 Å². The molecule has 0 amide bonds. The number of aromatic hydroxyl groups is 2. The van der Waals surface area contributed by atoms with Gasteiger partial charge in [0.25, 0.3) is 0 Å². The highest BCUT2D eigenvalue weighted by atomic mass is 19.4. The van der Waals surface area contributed by atoms with Crippen molar-refractivity contribution in [2.24, 2.45) is 11.8 Å². The largest absolute Gasteiger partial charge is 0.508 e. The number of Topliss-reactive ketones (excluding diaryl/α,β-unsaturated/α-hetero) is 2. The maximum absolute atomic E-state index is 14.7. The smallest absolute Gasteiger partial charge is 0.415 e. The zero-order valence-electron chi connectivity index (χ0n) is 20.9. The van der Waals surface area contributed by atoms with Crippen LogP contribution in [0.3, 0.4) is 0 Å². The number of rotatable bonds is 7. The van der Waals surface area contributed by atoms with E-state index in [2.05, 4.69) is 0 Å². The van der Waals surface area contributed by atoms with Gasteiger partial charge in [0.05, 0.1) is 0 Å². The van der Waals surface area contributed by atoms with E-state index < -0.39 is 54.0 Å². The van der Waals surface area contributed by atoms with Crippen molar-refractivity contribution in [2.45, 2.75) is 25.1 Å². The topological polar surface area (TPSA) is 98.1 Å². The highest BCUT2D eigenvalue weighted by molar-refractivity contribution is 6.02. The number of carbonyl (C=O) groups is 2. The second-order valence-corrected chi connectivity index (χ2v) is 9.80. The zero-order valence-corrected chi connectivity index (χ0v) is 20.9. The number of phenolic OH excluding ortho intramolecular Hbond substituents is 2. The van der Waals surface area contributed by atoms with Crippen LogP contribution in [0.1, 0.15) is 37.8 Å². The molecule has 4 rings (SSSR count). The summed E-state index contributed by atoms with van der Waals surface area (Å²) >= 11 is 0. The summed E-state index contributed by atoms with van der Waals surface area (Å²) in [6.45, 7) is 0.0976. The van der Waals surface area contributed by atoms with Gasteiger partial charge in [-0.05, 0) is 48.4 Å². The second kappa shape index (κ2) is 11.2. The van der Waals surface area contributed by atoms with Gasteiger partial charge in [-0.25, -0.2) is 4.39 Å². The Morgan fingerprint density at radius 2 is 1.38 bits per heavy atom. The summed E-state index contributed by atoms with van der Waals surface area (Å²) in [6.07, 6.45) is -7.65. The normalized spacial score (nSPS) is 19.5. The monoisotopic (exact) mass is 545 g/mol. The Bertz CT molecular complexity index is 1310. The minimum Gasteiger partial charge on any atom is -0.508 e. The lowest BCUT2D eigenvalue weighted by molar-refractivity contribution is -0.209. The van der Waals surface area contributed by atoms with Crippen LogP contribution in [0.5, 0.6) is 11.5 Å². The SMILES string of the molecule is Cc1c(F)cccc1C1[C@@H](C(=O)c2cccc(O)c2)CN(CC(O)C(F)(F)F)C[C@@H]1C(=O)c1cccc(O)c1. The number of halogens is 4. The van der Waals surface area contributed by atoms with E-state index in [-0.39, 0.29) is 41.3 Å². The third kappa shape index (κ3) is 6.12. The molecule has 0 aromatic heterocycles. The van der Waals surface area contributed by atoms with Crippen LogP contribution in [-0.4, -0.2) is 63.7 Å². The van der Waals surface area contributed by atoms with Crippen LogP contribution in [0.2, 0.25) is 0 Å². The van der Waals surface area contributed by atoms with Gasteiger partial charge in [0.15, 0.2) is 17.7 Å². The molecule has 1 aliphatic rings. The fraction of sp³-hybridized carbons (Fsp3) is 0.310. The van der Waals surface area contributed by atoms with Crippen molar-refractivity contribution < 1.29 is 42.5 Å².